The third-order valence-electron chi connectivity index (χ3n) is 4.29. The second-order valence-corrected chi connectivity index (χ2v) is 7.16. The second-order valence-electron chi connectivity index (χ2n) is 6.78. The Labute approximate surface area is 190 Å². The first-order valence-electron chi connectivity index (χ1n) is 9.37. The van der Waals surface area contributed by atoms with Crippen LogP contribution in [0.25, 0.3) is 6.08 Å². The Morgan fingerprint density at radius 1 is 1.27 bits per heavy atom. The quantitative estimate of drug-likeness (QED) is 0.170. The van der Waals surface area contributed by atoms with Crippen LogP contribution in [0.15, 0.2) is 11.6 Å². The van der Waals surface area contributed by atoms with E-state index in [2.05, 4.69) is 14.3 Å². The van der Waals surface area contributed by atoms with E-state index in [4.69, 9.17) is 21.1 Å². The molecule has 10 nitrogen and oxygen atoms in total. The van der Waals surface area contributed by atoms with Crippen molar-refractivity contribution in [2.75, 3.05) is 13.2 Å². The predicted octanol–water partition coefficient (Wildman–Crippen LogP) is 4.30. The van der Waals surface area contributed by atoms with Gasteiger partial charge in [0.2, 0.25) is 12.4 Å². The van der Waals surface area contributed by atoms with E-state index in [0.29, 0.717) is 16.1 Å². The SMILES string of the molecule is Cc1cc2c(c(C)c1Cl)C=C(C(=O)OC(C)OC(=O)OCCCO[N+](=O)[O-])[C@@H](C(F)(F)F)O2. The van der Waals surface area contributed by atoms with Gasteiger partial charge in [-0.05, 0) is 37.1 Å². The summed E-state index contributed by atoms with van der Waals surface area (Å²) < 4.78 is 59.8. The van der Waals surface area contributed by atoms with Crippen molar-refractivity contribution in [2.24, 2.45) is 0 Å². The fourth-order valence-electron chi connectivity index (χ4n) is 2.81. The van der Waals surface area contributed by atoms with Crippen molar-refractivity contribution in [3.63, 3.8) is 0 Å². The Kier molecular flexibility index (Phi) is 8.36. The Morgan fingerprint density at radius 2 is 1.94 bits per heavy atom. The Hall–Kier alpha value is -3.22. The number of benzene rings is 1. The molecule has 14 heteroatoms. The van der Waals surface area contributed by atoms with E-state index in [1.807, 2.05) is 0 Å². The zero-order chi connectivity index (χ0) is 24.9. The lowest BCUT2D eigenvalue weighted by Gasteiger charge is -2.29. The molecule has 1 heterocycles. The summed E-state index contributed by atoms with van der Waals surface area (Å²) in [6, 6.07) is 1.33. The van der Waals surface area contributed by atoms with Crippen molar-refractivity contribution >= 4 is 29.8 Å². The molecule has 0 radical (unpaired) electrons. The van der Waals surface area contributed by atoms with Crippen LogP contribution in [0.4, 0.5) is 18.0 Å². The number of nitrogens with zero attached hydrogens (tertiary/aromatic N) is 1. The number of aryl methyl sites for hydroxylation is 1. The average molecular weight is 498 g/mol. The molecule has 0 amide bonds. The summed E-state index contributed by atoms with van der Waals surface area (Å²) in [4.78, 5) is 38.0. The predicted molar refractivity (Wildman–Crippen MR) is 105 cm³/mol. The highest BCUT2D eigenvalue weighted by Crippen LogP contribution is 2.41. The minimum Gasteiger partial charge on any atom is -0.475 e. The minimum absolute atomic E-state index is 0.0253. The second kappa shape index (κ2) is 10.6. The van der Waals surface area contributed by atoms with E-state index in [-0.39, 0.29) is 30.9 Å². The lowest BCUT2D eigenvalue weighted by molar-refractivity contribution is -0.757. The molecule has 0 saturated carbocycles. The van der Waals surface area contributed by atoms with Crippen molar-refractivity contribution in [3.8, 4) is 5.75 Å². The van der Waals surface area contributed by atoms with Crippen LogP contribution in [0.5, 0.6) is 5.75 Å². The smallest absolute Gasteiger partial charge is 0.475 e. The molecule has 1 aliphatic rings. The average Bonchev–Trinajstić information content (AvgIpc) is 2.70. The number of carbonyl (C=O) groups excluding carboxylic acids is 2. The van der Waals surface area contributed by atoms with E-state index in [1.54, 1.807) is 13.8 Å². The summed E-state index contributed by atoms with van der Waals surface area (Å²) >= 11 is 6.15. The first kappa shape index (κ1) is 26.0. The van der Waals surface area contributed by atoms with Gasteiger partial charge in [0.15, 0.2) is 0 Å². The van der Waals surface area contributed by atoms with Gasteiger partial charge in [0.1, 0.15) is 5.75 Å². The molecule has 0 N–H and O–H groups in total. The summed E-state index contributed by atoms with van der Waals surface area (Å²) in [7, 11) is 0. The van der Waals surface area contributed by atoms with Gasteiger partial charge in [0.25, 0.3) is 5.09 Å². The summed E-state index contributed by atoms with van der Waals surface area (Å²) in [5, 5.41) is 9.27. The molecule has 1 aromatic rings. The first-order valence-corrected chi connectivity index (χ1v) is 9.75. The van der Waals surface area contributed by atoms with Gasteiger partial charge in [0.05, 0.1) is 18.8 Å². The molecule has 182 valence electrons. The number of carbonyl (C=O) groups is 2. The normalized spacial score (nSPS) is 16.0. The summed E-state index contributed by atoms with van der Waals surface area (Å²) in [6.07, 6.45) is -9.53. The van der Waals surface area contributed by atoms with E-state index >= 15 is 0 Å². The van der Waals surface area contributed by atoms with Crippen molar-refractivity contribution in [2.45, 2.75) is 45.8 Å². The number of ether oxygens (including phenoxy) is 4. The molecule has 0 aromatic heterocycles. The van der Waals surface area contributed by atoms with Gasteiger partial charge in [-0.25, -0.2) is 9.59 Å². The molecule has 0 aliphatic carbocycles. The lowest BCUT2D eigenvalue weighted by Crippen LogP contribution is -2.41. The summed E-state index contributed by atoms with van der Waals surface area (Å²) in [6.45, 7) is 3.61. The van der Waals surface area contributed by atoms with Gasteiger partial charge in [-0.2, -0.15) is 13.2 Å². The number of fused-ring (bicyclic) bond motifs is 1. The molecule has 1 aliphatic heterocycles. The molecule has 1 unspecified atom stereocenters. The topological polar surface area (TPSA) is 123 Å². The minimum atomic E-state index is -4.95. The van der Waals surface area contributed by atoms with E-state index < -0.39 is 41.4 Å². The molecule has 0 bridgehead atoms. The third-order valence-corrected chi connectivity index (χ3v) is 4.87. The zero-order valence-corrected chi connectivity index (χ0v) is 18.3. The third kappa shape index (κ3) is 6.88. The molecule has 0 fully saturated rings. The van der Waals surface area contributed by atoms with E-state index in [1.165, 1.54) is 6.07 Å². The van der Waals surface area contributed by atoms with Gasteiger partial charge in [0, 0.05) is 23.9 Å². The molecule has 0 saturated heterocycles. The maximum Gasteiger partial charge on any atom is 0.511 e. The molecular weight excluding hydrogens is 479 g/mol. The first-order chi connectivity index (χ1) is 15.3. The van der Waals surface area contributed by atoms with E-state index in [9.17, 15) is 32.9 Å². The van der Waals surface area contributed by atoms with Gasteiger partial charge >= 0.3 is 18.3 Å². The Bertz CT molecular complexity index is 965. The highest BCUT2D eigenvalue weighted by Gasteiger charge is 2.49. The maximum absolute atomic E-state index is 13.6. The molecule has 1 aromatic carbocycles. The largest absolute Gasteiger partial charge is 0.511 e. The number of hydrogen-bond donors (Lipinski definition) is 0. The fourth-order valence-corrected chi connectivity index (χ4v) is 2.97. The van der Waals surface area contributed by atoms with Crippen LogP contribution < -0.4 is 4.74 Å². The van der Waals surface area contributed by atoms with Crippen molar-refractivity contribution < 1.29 is 51.6 Å². The molecule has 33 heavy (non-hydrogen) atoms. The number of halogens is 4. The highest BCUT2D eigenvalue weighted by atomic mass is 35.5. The summed E-state index contributed by atoms with van der Waals surface area (Å²) in [5.41, 5.74) is 0.229. The maximum atomic E-state index is 13.6. The van der Waals surface area contributed by atoms with Crippen molar-refractivity contribution in [3.05, 3.63) is 43.5 Å². The monoisotopic (exact) mass is 497 g/mol. The van der Waals surface area contributed by atoms with Crippen LogP contribution >= 0.6 is 11.6 Å². The number of alkyl halides is 3. The van der Waals surface area contributed by atoms with Crippen LogP contribution in [-0.2, 0) is 23.8 Å². The molecular formula is C19H19ClF3NO9. The van der Waals surface area contributed by atoms with Crippen LogP contribution in [0.1, 0.15) is 30.0 Å². The van der Waals surface area contributed by atoms with Crippen LogP contribution in [0.2, 0.25) is 5.02 Å². The molecule has 2 rings (SSSR count). The van der Waals surface area contributed by atoms with Crippen LogP contribution in [0.3, 0.4) is 0 Å². The van der Waals surface area contributed by atoms with Crippen molar-refractivity contribution in [1.29, 1.82) is 0 Å². The van der Waals surface area contributed by atoms with E-state index in [0.717, 1.165) is 13.0 Å². The zero-order valence-electron chi connectivity index (χ0n) is 17.6. The van der Waals surface area contributed by atoms with Gasteiger partial charge in [-0.15, -0.1) is 10.1 Å². The Balaban J connectivity index is 2.08. The van der Waals surface area contributed by atoms with Gasteiger partial charge in [-0.3, -0.25) is 0 Å². The molecule has 2 atom stereocenters. The van der Waals surface area contributed by atoms with Crippen LogP contribution in [0, 0.1) is 24.0 Å². The van der Waals surface area contributed by atoms with Gasteiger partial charge < -0.3 is 23.8 Å². The number of esters is 1. The van der Waals surface area contributed by atoms with Crippen LogP contribution in [-0.4, -0.2) is 49.0 Å². The highest BCUT2D eigenvalue weighted by molar-refractivity contribution is 6.32. The number of hydrogen-bond acceptors (Lipinski definition) is 9. The van der Waals surface area contributed by atoms with Gasteiger partial charge in [-0.1, -0.05) is 11.6 Å². The summed E-state index contributed by atoms with van der Waals surface area (Å²) in [5.74, 6) is -1.53. The fraction of sp³-hybridized carbons (Fsp3) is 0.474. The number of rotatable bonds is 8. The molecule has 0 spiro atoms. The lowest BCUT2D eigenvalue weighted by atomic mass is 9.96. The van der Waals surface area contributed by atoms with Crippen molar-refractivity contribution in [1.82, 2.24) is 0 Å². The Morgan fingerprint density at radius 3 is 2.55 bits per heavy atom. The standard InChI is InChI=1S/C19H19ClF3NO9/c1-9-7-14-12(10(2)15(9)20)8-13(16(33-14)19(21,22)23)17(25)31-11(3)32-18(26)29-5-4-6-30-24(27)28/h7-8,11,16H,4-6H2,1-3H3/t11?,16-/m0/s1.